The first-order valence-corrected chi connectivity index (χ1v) is 8.39. The first-order valence-electron chi connectivity index (χ1n) is 8.39. The Balaban J connectivity index is 1.88. The lowest BCUT2D eigenvalue weighted by Gasteiger charge is -2.13. The Labute approximate surface area is 147 Å². The SMILES string of the molecule is COc1ccc2cc(C(C)C(=O)OCCCCOC(C)=O)ccc2c1. The zero-order valence-electron chi connectivity index (χ0n) is 14.9. The molecule has 0 saturated heterocycles. The minimum Gasteiger partial charge on any atom is -0.497 e. The van der Waals surface area contributed by atoms with Gasteiger partial charge in [-0.25, -0.2) is 0 Å². The average Bonchev–Trinajstić information content (AvgIpc) is 2.62. The smallest absolute Gasteiger partial charge is 0.313 e. The minimum atomic E-state index is -0.333. The van der Waals surface area contributed by atoms with E-state index in [1.54, 1.807) is 7.11 Å². The monoisotopic (exact) mass is 344 g/mol. The maximum Gasteiger partial charge on any atom is 0.313 e. The number of rotatable bonds is 8. The highest BCUT2D eigenvalue weighted by atomic mass is 16.5. The Morgan fingerprint density at radius 1 is 0.960 bits per heavy atom. The van der Waals surface area contributed by atoms with E-state index in [9.17, 15) is 9.59 Å². The Hall–Kier alpha value is -2.56. The summed E-state index contributed by atoms with van der Waals surface area (Å²) in [6.45, 7) is 3.90. The maximum atomic E-state index is 12.2. The Kier molecular flexibility index (Phi) is 6.81. The third-order valence-electron chi connectivity index (χ3n) is 4.01. The molecule has 1 atom stereocenters. The van der Waals surface area contributed by atoms with Crippen LogP contribution in [0, 0.1) is 0 Å². The number of carbonyl (C=O) groups is 2. The molecule has 0 aliphatic heterocycles. The quantitative estimate of drug-likeness (QED) is 0.538. The first kappa shape index (κ1) is 18.8. The molecule has 2 aromatic rings. The number of methoxy groups -OCH3 is 1. The molecule has 0 spiro atoms. The number of benzene rings is 2. The summed E-state index contributed by atoms with van der Waals surface area (Å²) in [4.78, 5) is 22.8. The van der Waals surface area contributed by atoms with Gasteiger partial charge in [0.15, 0.2) is 0 Å². The molecule has 2 rings (SSSR count). The van der Waals surface area contributed by atoms with Crippen molar-refractivity contribution < 1.29 is 23.8 Å². The second-order valence-electron chi connectivity index (χ2n) is 5.91. The van der Waals surface area contributed by atoms with Crippen molar-refractivity contribution in [3.05, 3.63) is 42.0 Å². The molecule has 0 fully saturated rings. The van der Waals surface area contributed by atoms with Crippen LogP contribution in [-0.4, -0.2) is 32.3 Å². The van der Waals surface area contributed by atoms with Gasteiger partial charge in [-0.15, -0.1) is 0 Å². The predicted octanol–water partition coefficient (Wildman–Crippen LogP) is 3.84. The molecule has 0 aliphatic rings. The summed E-state index contributed by atoms with van der Waals surface area (Å²) in [5.41, 5.74) is 0.919. The summed E-state index contributed by atoms with van der Waals surface area (Å²) in [5.74, 6) is -0.0682. The molecule has 0 saturated carbocycles. The predicted molar refractivity (Wildman–Crippen MR) is 95.7 cm³/mol. The van der Waals surface area contributed by atoms with Crippen LogP contribution in [0.2, 0.25) is 0 Å². The lowest BCUT2D eigenvalue weighted by atomic mass is 9.98. The average molecular weight is 344 g/mol. The fourth-order valence-corrected chi connectivity index (χ4v) is 2.49. The topological polar surface area (TPSA) is 61.8 Å². The number of unbranched alkanes of at least 4 members (excludes halogenated alkanes) is 1. The van der Waals surface area contributed by atoms with E-state index in [1.807, 2.05) is 43.3 Å². The zero-order valence-corrected chi connectivity index (χ0v) is 14.9. The zero-order chi connectivity index (χ0) is 18.2. The number of carbonyl (C=O) groups excluding carboxylic acids is 2. The molecule has 25 heavy (non-hydrogen) atoms. The van der Waals surface area contributed by atoms with E-state index in [0.717, 1.165) is 22.1 Å². The highest BCUT2D eigenvalue weighted by Gasteiger charge is 2.17. The minimum absolute atomic E-state index is 0.250. The van der Waals surface area contributed by atoms with E-state index in [1.165, 1.54) is 6.92 Å². The number of hydrogen-bond donors (Lipinski definition) is 0. The van der Waals surface area contributed by atoms with Gasteiger partial charge in [-0.1, -0.05) is 24.3 Å². The lowest BCUT2D eigenvalue weighted by Crippen LogP contribution is -2.14. The van der Waals surface area contributed by atoms with Gasteiger partial charge < -0.3 is 14.2 Å². The van der Waals surface area contributed by atoms with Crippen molar-refractivity contribution in [2.75, 3.05) is 20.3 Å². The van der Waals surface area contributed by atoms with Gasteiger partial charge in [0.1, 0.15) is 5.75 Å². The Morgan fingerprint density at radius 2 is 1.60 bits per heavy atom. The highest BCUT2D eigenvalue weighted by molar-refractivity contribution is 5.86. The standard InChI is InChI=1S/C20H24O5/c1-14(20(22)25-11-5-4-10-24-15(2)21)16-6-7-18-13-19(23-3)9-8-17(18)12-16/h6-9,12-14H,4-5,10-11H2,1-3H3. The molecule has 5 heteroatoms. The third kappa shape index (κ3) is 5.48. The van der Waals surface area contributed by atoms with Crippen molar-refractivity contribution in [1.82, 2.24) is 0 Å². The third-order valence-corrected chi connectivity index (χ3v) is 4.01. The van der Waals surface area contributed by atoms with E-state index in [-0.39, 0.29) is 17.9 Å². The van der Waals surface area contributed by atoms with Crippen molar-refractivity contribution >= 4 is 22.7 Å². The van der Waals surface area contributed by atoms with E-state index >= 15 is 0 Å². The molecule has 0 amide bonds. The van der Waals surface area contributed by atoms with Crippen molar-refractivity contribution in [3.8, 4) is 5.75 Å². The summed E-state index contributed by atoms with van der Waals surface area (Å²) >= 11 is 0. The van der Waals surface area contributed by atoms with Gasteiger partial charge in [-0.05, 0) is 48.2 Å². The van der Waals surface area contributed by atoms with Crippen LogP contribution < -0.4 is 4.74 Å². The second kappa shape index (κ2) is 9.06. The molecule has 1 unspecified atom stereocenters. The van der Waals surface area contributed by atoms with Crippen molar-refractivity contribution in [3.63, 3.8) is 0 Å². The molecule has 2 aromatic carbocycles. The van der Waals surface area contributed by atoms with E-state index < -0.39 is 0 Å². The van der Waals surface area contributed by atoms with Gasteiger partial charge in [-0.2, -0.15) is 0 Å². The van der Waals surface area contributed by atoms with Crippen LogP contribution in [0.5, 0.6) is 5.75 Å². The van der Waals surface area contributed by atoms with Gasteiger partial charge in [0.05, 0.1) is 26.2 Å². The van der Waals surface area contributed by atoms with Crippen molar-refractivity contribution in [2.24, 2.45) is 0 Å². The van der Waals surface area contributed by atoms with Crippen LogP contribution in [0.1, 0.15) is 38.2 Å². The second-order valence-corrected chi connectivity index (χ2v) is 5.91. The molecular weight excluding hydrogens is 320 g/mol. The number of esters is 2. The van der Waals surface area contributed by atoms with Crippen LogP contribution in [0.25, 0.3) is 10.8 Å². The Bertz CT molecular complexity index is 738. The normalized spacial score (nSPS) is 11.8. The molecule has 0 heterocycles. The van der Waals surface area contributed by atoms with Crippen molar-refractivity contribution in [2.45, 2.75) is 32.6 Å². The number of ether oxygens (including phenoxy) is 3. The summed E-state index contributed by atoms with van der Waals surface area (Å²) in [6.07, 6.45) is 1.35. The van der Waals surface area contributed by atoms with Crippen LogP contribution in [0.15, 0.2) is 36.4 Å². The molecule has 0 aliphatic carbocycles. The summed E-state index contributed by atoms with van der Waals surface area (Å²) < 4.78 is 15.4. The van der Waals surface area contributed by atoms with Crippen LogP contribution in [-0.2, 0) is 19.1 Å². The van der Waals surface area contributed by atoms with Gasteiger partial charge in [0, 0.05) is 6.92 Å². The number of fused-ring (bicyclic) bond motifs is 1. The van der Waals surface area contributed by atoms with E-state index in [2.05, 4.69) is 0 Å². The molecular formula is C20H24O5. The highest BCUT2D eigenvalue weighted by Crippen LogP contribution is 2.25. The van der Waals surface area contributed by atoms with Gasteiger partial charge in [0.2, 0.25) is 0 Å². The summed E-state index contributed by atoms with van der Waals surface area (Å²) in [6, 6.07) is 11.8. The van der Waals surface area contributed by atoms with E-state index in [0.29, 0.717) is 26.1 Å². The molecule has 0 bridgehead atoms. The van der Waals surface area contributed by atoms with Crippen LogP contribution in [0.3, 0.4) is 0 Å². The summed E-state index contributed by atoms with van der Waals surface area (Å²) in [7, 11) is 1.64. The largest absolute Gasteiger partial charge is 0.497 e. The van der Waals surface area contributed by atoms with Crippen LogP contribution >= 0.6 is 0 Å². The molecule has 0 radical (unpaired) electrons. The first-order chi connectivity index (χ1) is 12.0. The molecule has 134 valence electrons. The maximum absolute atomic E-state index is 12.2. The van der Waals surface area contributed by atoms with Gasteiger partial charge in [-0.3, -0.25) is 9.59 Å². The Morgan fingerprint density at radius 3 is 2.28 bits per heavy atom. The lowest BCUT2D eigenvalue weighted by molar-refractivity contribution is -0.146. The molecule has 5 nitrogen and oxygen atoms in total. The van der Waals surface area contributed by atoms with Crippen molar-refractivity contribution in [1.29, 1.82) is 0 Å². The fourth-order valence-electron chi connectivity index (χ4n) is 2.49. The van der Waals surface area contributed by atoms with Gasteiger partial charge >= 0.3 is 11.9 Å². The molecule has 0 N–H and O–H groups in total. The number of hydrogen-bond acceptors (Lipinski definition) is 5. The van der Waals surface area contributed by atoms with Crippen LogP contribution in [0.4, 0.5) is 0 Å². The van der Waals surface area contributed by atoms with E-state index in [4.69, 9.17) is 14.2 Å². The fraction of sp³-hybridized carbons (Fsp3) is 0.400. The molecule has 0 aromatic heterocycles. The van der Waals surface area contributed by atoms with Gasteiger partial charge in [0.25, 0.3) is 0 Å². The summed E-state index contributed by atoms with van der Waals surface area (Å²) in [5, 5.41) is 2.12.